The number of para-hydroxylation sites is 1. The Morgan fingerprint density at radius 3 is 3.05 bits per heavy atom. The van der Waals surface area contributed by atoms with Gasteiger partial charge in [0, 0.05) is 37.3 Å². The van der Waals surface area contributed by atoms with Crippen molar-refractivity contribution < 1.29 is 4.74 Å². The summed E-state index contributed by atoms with van der Waals surface area (Å²) in [5.74, 6) is 0. The van der Waals surface area contributed by atoms with E-state index in [0.717, 1.165) is 61.6 Å². The molecule has 1 aromatic heterocycles. The van der Waals surface area contributed by atoms with Crippen molar-refractivity contribution in [2.75, 3.05) is 32.0 Å². The highest BCUT2D eigenvalue weighted by Gasteiger charge is 2.11. The third kappa shape index (κ3) is 2.85. The number of anilines is 1. The summed E-state index contributed by atoms with van der Waals surface area (Å²) in [6.45, 7) is 4.55. The average Bonchev–Trinajstić information content (AvgIpc) is 2.67. The Bertz CT molecular complexity index is 562. The summed E-state index contributed by atoms with van der Waals surface area (Å²) >= 11 is 0. The first-order chi connectivity index (χ1) is 9.33. The molecule has 3 rings (SSSR count). The maximum atomic E-state index is 6.11. The predicted molar refractivity (Wildman–Crippen MR) is 76.9 cm³/mol. The summed E-state index contributed by atoms with van der Waals surface area (Å²) in [6.07, 6.45) is 1.09. The largest absolute Gasteiger partial charge is 0.398 e. The van der Waals surface area contributed by atoms with Crippen molar-refractivity contribution in [2.24, 2.45) is 0 Å². The van der Waals surface area contributed by atoms with Crippen LogP contribution in [0.5, 0.6) is 0 Å². The highest BCUT2D eigenvalue weighted by atomic mass is 16.5. The molecular formula is C15H19N3O. The summed E-state index contributed by atoms with van der Waals surface area (Å²) in [5.41, 5.74) is 8.94. The highest BCUT2D eigenvalue weighted by molar-refractivity contribution is 5.90. The summed E-state index contributed by atoms with van der Waals surface area (Å²) in [6, 6.07) is 10.0. The Morgan fingerprint density at radius 1 is 1.21 bits per heavy atom. The fraction of sp³-hybridized carbons (Fsp3) is 0.400. The zero-order valence-electron chi connectivity index (χ0n) is 11.0. The smallest absolute Gasteiger partial charge is 0.0726 e. The second-order valence-electron chi connectivity index (χ2n) is 4.96. The molecule has 0 radical (unpaired) electrons. The maximum absolute atomic E-state index is 6.11. The van der Waals surface area contributed by atoms with Crippen LogP contribution in [0.25, 0.3) is 10.9 Å². The number of nitrogens with two attached hydrogens (primary N) is 1. The van der Waals surface area contributed by atoms with Crippen LogP contribution in [0.15, 0.2) is 30.3 Å². The predicted octanol–water partition coefficient (Wildman–Crippen LogP) is 2.04. The average molecular weight is 257 g/mol. The summed E-state index contributed by atoms with van der Waals surface area (Å²) in [4.78, 5) is 7.08. The Labute approximate surface area is 113 Å². The molecule has 0 bridgehead atoms. The first kappa shape index (κ1) is 12.4. The van der Waals surface area contributed by atoms with Gasteiger partial charge in [-0.25, -0.2) is 0 Å². The molecule has 0 saturated carbocycles. The van der Waals surface area contributed by atoms with E-state index < -0.39 is 0 Å². The molecule has 0 atom stereocenters. The maximum Gasteiger partial charge on any atom is 0.0726 e. The van der Waals surface area contributed by atoms with Crippen LogP contribution >= 0.6 is 0 Å². The SMILES string of the molecule is Nc1cc(CN2CCCOCC2)nc2ccccc12. The van der Waals surface area contributed by atoms with E-state index in [9.17, 15) is 0 Å². The summed E-state index contributed by atoms with van der Waals surface area (Å²) in [5, 5.41) is 1.03. The van der Waals surface area contributed by atoms with Crippen LogP contribution in [0.2, 0.25) is 0 Å². The third-order valence-corrected chi connectivity index (χ3v) is 3.50. The second kappa shape index (κ2) is 5.55. The van der Waals surface area contributed by atoms with Gasteiger partial charge in [-0.3, -0.25) is 9.88 Å². The third-order valence-electron chi connectivity index (χ3n) is 3.50. The number of hydrogen-bond donors (Lipinski definition) is 1. The van der Waals surface area contributed by atoms with Crippen LogP contribution in [0.1, 0.15) is 12.1 Å². The van der Waals surface area contributed by atoms with Gasteiger partial charge in [0.05, 0.1) is 17.8 Å². The zero-order chi connectivity index (χ0) is 13.1. The highest BCUT2D eigenvalue weighted by Crippen LogP contribution is 2.20. The fourth-order valence-corrected chi connectivity index (χ4v) is 2.53. The molecule has 1 aliphatic heterocycles. The van der Waals surface area contributed by atoms with Crippen molar-refractivity contribution in [3.05, 3.63) is 36.0 Å². The molecule has 0 aliphatic carbocycles. The van der Waals surface area contributed by atoms with Crippen molar-refractivity contribution >= 4 is 16.6 Å². The Kier molecular flexibility index (Phi) is 3.62. The fourth-order valence-electron chi connectivity index (χ4n) is 2.53. The molecule has 1 fully saturated rings. The van der Waals surface area contributed by atoms with Gasteiger partial charge in [-0.05, 0) is 18.6 Å². The second-order valence-corrected chi connectivity index (χ2v) is 4.96. The minimum Gasteiger partial charge on any atom is -0.398 e. The van der Waals surface area contributed by atoms with Gasteiger partial charge in [0.2, 0.25) is 0 Å². The molecule has 0 amide bonds. The van der Waals surface area contributed by atoms with Gasteiger partial charge < -0.3 is 10.5 Å². The summed E-state index contributed by atoms with van der Waals surface area (Å²) in [7, 11) is 0. The van der Waals surface area contributed by atoms with E-state index in [0.29, 0.717) is 0 Å². The number of aromatic nitrogens is 1. The van der Waals surface area contributed by atoms with Crippen LogP contribution in [0.3, 0.4) is 0 Å². The molecule has 0 spiro atoms. The van der Waals surface area contributed by atoms with Crippen LogP contribution in [-0.2, 0) is 11.3 Å². The lowest BCUT2D eigenvalue weighted by molar-refractivity contribution is 0.140. The van der Waals surface area contributed by atoms with Gasteiger partial charge in [0.15, 0.2) is 0 Å². The van der Waals surface area contributed by atoms with Gasteiger partial charge in [0.1, 0.15) is 0 Å². The van der Waals surface area contributed by atoms with E-state index in [-0.39, 0.29) is 0 Å². The first-order valence-electron chi connectivity index (χ1n) is 6.77. The van der Waals surface area contributed by atoms with Crippen molar-refractivity contribution in [1.29, 1.82) is 0 Å². The lowest BCUT2D eigenvalue weighted by atomic mass is 10.1. The molecule has 2 aromatic rings. The molecule has 1 aromatic carbocycles. The molecule has 1 aliphatic rings. The number of benzene rings is 1. The molecular weight excluding hydrogens is 238 g/mol. The van der Waals surface area contributed by atoms with Crippen LogP contribution in [0.4, 0.5) is 5.69 Å². The quantitative estimate of drug-likeness (QED) is 0.894. The van der Waals surface area contributed by atoms with Crippen LogP contribution in [-0.4, -0.2) is 36.2 Å². The number of fused-ring (bicyclic) bond motifs is 1. The van der Waals surface area contributed by atoms with E-state index >= 15 is 0 Å². The van der Waals surface area contributed by atoms with E-state index in [1.807, 2.05) is 30.3 Å². The van der Waals surface area contributed by atoms with Gasteiger partial charge in [-0.1, -0.05) is 18.2 Å². The molecule has 19 heavy (non-hydrogen) atoms. The number of rotatable bonds is 2. The Morgan fingerprint density at radius 2 is 2.11 bits per heavy atom. The van der Waals surface area contributed by atoms with Gasteiger partial charge in [0.25, 0.3) is 0 Å². The van der Waals surface area contributed by atoms with E-state index in [1.165, 1.54) is 0 Å². The van der Waals surface area contributed by atoms with E-state index in [2.05, 4.69) is 4.90 Å². The molecule has 0 unspecified atom stereocenters. The van der Waals surface area contributed by atoms with Gasteiger partial charge >= 0.3 is 0 Å². The van der Waals surface area contributed by atoms with E-state index in [1.54, 1.807) is 0 Å². The molecule has 2 heterocycles. The number of pyridine rings is 1. The summed E-state index contributed by atoms with van der Waals surface area (Å²) < 4.78 is 5.47. The minimum absolute atomic E-state index is 0.809. The molecule has 4 nitrogen and oxygen atoms in total. The van der Waals surface area contributed by atoms with Gasteiger partial charge in [-0.15, -0.1) is 0 Å². The topological polar surface area (TPSA) is 51.4 Å². The van der Waals surface area contributed by atoms with Crippen molar-refractivity contribution in [3.8, 4) is 0 Å². The first-order valence-corrected chi connectivity index (χ1v) is 6.77. The van der Waals surface area contributed by atoms with Crippen LogP contribution < -0.4 is 5.73 Å². The number of nitrogens with zero attached hydrogens (tertiary/aromatic N) is 2. The van der Waals surface area contributed by atoms with Gasteiger partial charge in [-0.2, -0.15) is 0 Å². The van der Waals surface area contributed by atoms with Crippen molar-refractivity contribution in [3.63, 3.8) is 0 Å². The van der Waals surface area contributed by atoms with Crippen molar-refractivity contribution in [2.45, 2.75) is 13.0 Å². The Balaban J connectivity index is 1.84. The number of ether oxygens (including phenoxy) is 1. The lowest BCUT2D eigenvalue weighted by Crippen LogP contribution is -2.26. The molecule has 1 saturated heterocycles. The molecule has 100 valence electrons. The zero-order valence-corrected chi connectivity index (χ0v) is 11.0. The normalized spacial score (nSPS) is 17.5. The van der Waals surface area contributed by atoms with E-state index in [4.69, 9.17) is 15.5 Å². The monoisotopic (exact) mass is 257 g/mol. The Hall–Kier alpha value is -1.65. The number of nitrogen functional groups attached to an aromatic ring is 1. The molecule has 4 heteroatoms. The standard InChI is InChI=1S/C15H19N3O/c16-14-10-12(11-18-6-3-8-19-9-7-18)17-15-5-2-1-4-13(14)15/h1-2,4-5,10H,3,6-9,11H2,(H2,16,17). The lowest BCUT2D eigenvalue weighted by Gasteiger charge is -2.19. The number of hydrogen-bond acceptors (Lipinski definition) is 4. The molecule has 2 N–H and O–H groups in total. The minimum atomic E-state index is 0.809. The van der Waals surface area contributed by atoms with Crippen molar-refractivity contribution in [1.82, 2.24) is 9.88 Å². The van der Waals surface area contributed by atoms with Crippen LogP contribution in [0, 0.1) is 0 Å².